The Hall–Kier alpha value is -4.30. The summed E-state index contributed by atoms with van der Waals surface area (Å²) >= 11 is 0. The fourth-order valence-electron chi connectivity index (χ4n) is 3.92. The average molecular weight is 467 g/mol. The van der Waals surface area contributed by atoms with Crippen LogP contribution in [0.5, 0.6) is 5.75 Å². The van der Waals surface area contributed by atoms with E-state index in [1.165, 1.54) is 0 Å². The molecule has 35 heavy (non-hydrogen) atoms. The second-order valence-corrected chi connectivity index (χ2v) is 8.85. The Bertz CT molecular complexity index is 1370. The molecule has 1 aliphatic rings. The van der Waals surface area contributed by atoms with Gasteiger partial charge in [-0.05, 0) is 75.6 Å². The summed E-state index contributed by atoms with van der Waals surface area (Å²) in [4.78, 5) is 11.7. The number of carboxylic acids is 1. The molecule has 1 heterocycles. The quantitative estimate of drug-likeness (QED) is 0.345. The van der Waals surface area contributed by atoms with Crippen LogP contribution in [0.4, 0.5) is 0 Å². The van der Waals surface area contributed by atoms with Gasteiger partial charge in [0.2, 0.25) is 0 Å². The van der Waals surface area contributed by atoms with Gasteiger partial charge < -0.3 is 15.2 Å². The Morgan fingerprint density at radius 1 is 1.20 bits per heavy atom. The summed E-state index contributed by atoms with van der Waals surface area (Å²) in [6.45, 7) is 17.5. The molecule has 5 heteroatoms. The largest absolute Gasteiger partial charge is 0.478 e. The zero-order valence-electron chi connectivity index (χ0n) is 20.8. The van der Waals surface area contributed by atoms with Crippen molar-refractivity contribution in [1.29, 1.82) is 5.26 Å². The number of hydrogen-bond acceptors (Lipinski definition) is 4. The summed E-state index contributed by atoms with van der Waals surface area (Å²) in [5, 5.41) is 22.3. The van der Waals surface area contributed by atoms with E-state index in [2.05, 4.69) is 24.5 Å². The van der Waals surface area contributed by atoms with Crippen LogP contribution in [0.25, 0.3) is 11.3 Å². The van der Waals surface area contributed by atoms with Crippen LogP contribution in [0, 0.1) is 18.3 Å². The topological polar surface area (TPSA) is 82.3 Å². The highest BCUT2D eigenvalue weighted by Gasteiger charge is 2.27. The van der Waals surface area contributed by atoms with Gasteiger partial charge in [0.25, 0.3) is 0 Å². The molecule has 0 aliphatic carbocycles. The molecule has 3 rings (SSSR count). The Kier molecular flexibility index (Phi) is 7.46. The lowest BCUT2D eigenvalue weighted by atomic mass is 9.89. The van der Waals surface area contributed by atoms with Crippen molar-refractivity contribution in [2.75, 3.05) is 0 Å². The molecular weight excluding hydrogens is 436 g/mol. The number of allylic oxidation sites excluding steroid dienone is 5. The highest BCUT2D eigenvalue weighted by molar-refractivity contribution is 5.92. The van der Waals surface area contributed by atoms with E-state index >= 15 is 0 Å². The predicted octanol–water partition coefficient (Wildman–Crippen LogP) is 6.85. The fourth-order valence-corrected chi connectivity index (χ4v) is 3.92. The number of carbonyl (C=O) groups is 1. The number of aryl methyl sites for hydroxylation is 1. The summed E-state index contributed by atoms with van der Waals surface area (Å²) < 4.78 is 6.50. The van der Waals surface area contributed by atoms with Crippen LogP contribution in [-0.4, -0.2) is 11.1 Å². The molecule has 5 nitrogen and oxygen atoms in total. The van der Waals surface area contributed by atoms with Crippen molar-refractivity contribution in [1.82, 2.24) is 5.32 Å². The molecule has 1 aliphatic heterocycles. The molecule has 2 aromatic carbocycles. The van der Waals surface area contributed by atoms with Gasteiger partial charge in [-0.1, -0.05) is 43.0 Å². The van der Waals surface area contributed by atoms with Crippen molar-refractivity contribution in [3.8, 4) is 11.8 Å². The molecular formula is C30H30N2O3. The first kappa shape index (κ1) is 25.3. The van der Waals surface area contributed by atoms with Gasteiger partial charge in [-0.25, -0.2) is 4.79 Å². The SMILES string of the molecule is C=C(C)/C=C\C(NC(C)c1cc(C)cc2c1OC(c1cccc(C#N)c1)=C(C)C2=C)=C(/C)C(=O)O. The fraction of sp³-hybridized carbons (Fsp3) is 0.200. The normalized spacial score (nSPS) is 14.6. The van der Waals surface area contributed by atoms with E-state index in [0.29, 0.717) is 22.8 Å². The van der Waals surface area contributed by atoms with Crippen molar-refractivity contribution in [3.05, 3.63) is 112 Å². The number of nitriles is 1. The van der Waals surface area contributed by atoms with Crippen LogP contribution in [0.3, 0.4) is 0 Å². The van der Waals surface area contributed by atoms with Crippen molar-refractivity contribution in [3.63, 3.8) is 0 Å². The van der Waals surface area contributed by atoms with Crippen LogP contribution < -0.4 is 10.1 Å². The van der Waals surface area contributed by atoms with Crippen LogP contribution in [0.2, 0.25) is 0 Å². The molecule has 0 fully saturated rings. The Morgan fingerprint density at radius 2 is 1.91 bits per heavy atom. The van der Waals surface area contributed by atoms with Crippen molar-refractivity contribution in [2.24, 2.45) is 0 Å². The number of nitrogens with one attached hydrogen (secondary N) is 1. The Balaban J connectivity index is 2.09. The van der Waals surface area contributed by atoms with Crippen LogP contribution in [0.15, 0.2) is 84.1 Å². The van der Waals surface area contributed by atoms with Gasteiger partial charge in [-0.15, -0.1) is 0 Å². The summed E-state index contributed by atoms with van der Waals surface area (Å²) in [5.41, 5.74) is 7.41. The minimum absolute atomic E-state index is 0.200. The lowest BCUT2D eigenvalue weighted by Gasteiger charge is -2.29. The summed E-state index contributed by atoms with van der Waals surface area (Å²) in [5.74, 6) is 0.316. The number of rotatable bonds is 7. The first-order valence-corrected chi connectivity index (χ1v) is 11.3. The van der Waals surface area contributed by atoms with Crippen LogP contribution in [0.1, 0.15) is 61.6 Å². The van der Waals surface area contributed by atoms with Gasteiger partial charge in [-0.2, -0.15) is 5.26 Å². The number of fused-ring (bicyclic) bond motifs is 1. The van der Waals surface area contributed by atoms with E-state index in [4.69, 9.17) is 4.74 Å². The Morgan fingerprint density at radius 3 is 2.54 bits per heavy atom. The highest BCUT2D eigenvalue weighted by Crippen LogP contribution is 2.45. The van der Waals surface area contributed by atoms with Crippen molar-refractivity contribution >= 4 is 17.3 Å². The summed E-state index contributed by atoms with van der Waals surface area (Å²) in [7, 11) is 0. The summed E-state index contributed by atoms with van der Waals surface area (Å²) in [6, 6.07) is 13.3. The maximum atomic E-state index is 11.7. The molecule has 2 aromatic rings. The van der Waals surface area contributed by atoms with E-state index in [1.54, 1.807) is 31.2 Å². The second-order valence-electron chi connectivity index (χ2n) is 8.85. The van der Waals surface area contributed by atoms with Crippen molar-refractivity contribution in [2.45, 2.75) is 40.7 Å². The zero-order valence-corrected chi connectivity index (χ0v) is 20.8. The number of carboxylic acid groups (broad SMARTS) is 1. The maximum Gasteiger partial charge on any atom is 0.333 e. The van der Waals surface area contributed by atoms with Gasteiger partial charge in [0, 0.05) is 22.4 Å². The molecule has 2 N–H and O–H groups in total. The van der Waals surface area contributed by atoms with E-state index in [-0.39, 0.29) is 11.6 Å². The van der Waals surface area contributed by atoms with E-state index < -0.39 is 5.97 Å². The lowest BCUT2D eigenvalue weighted by Crippen LogP contribution is -2.22. The lowest BCUT2D eigenvalue weighted by molar-refractivity contribution is -0.132. The van der Waals surface area contributed by atoms with Crippen LogP contribution >= 0.6 is 0 Å². The number of benzene rings is 2. The second kappa shape index (κ2) is 10.3. The average Bonchev–Trinajstić information content (AvgIpc) is 2.83. The molecule has 0 aromatic heterocycles. The zero-order chi connectivity index (χ0) is 25.9. The van der Waals surface area contributed by atoms with Gasteiger partial charge >= 0.3 is 5.97 Å². The first-order valence-electron chi connectivity index (χ1n) is 11.3. The van der Waals surface area contributed by atoms with E-state index in [0.717, 1.165) is 39.0 Å². The number of ether oxygens (including phenoxy) is 1. The molecule has 0 saturated heterocycles. The van der Waals surface area contributed by atoms with E-state index in [9.17, 15) is 15.2 Å². The minimum atomic E-state index is -1.000. The third kappa shape index (κ3) is 5.44. The molecule has 0 radical (unpaired) electrons. The number of hydrogen-bond donors (Lipinski definition) is 2. The monoisotopic (exact) mass is 466 g/mol. The maximum absolute atomic E-state index is 11.7. The Labute approximate surface area is 207 Å². The predicted molar refractivity (Wildman–Crippen MR) is 140 cm³/mol. The first-order chi connectivity index (χ1) is 16.5. The number of aliphatic carboxylic acids is 1. The van der Waals surface area contributed by atoms with Crippen LogP contribution in [-0.2, 0) is 4.79 Å². The number of nitrogens with zero attached hydrogens (tertiary/aromatic N) is 1. The standard InChI is InChI=1S/C30H30N2O3/c1-17(2)11-12-27(21(6)30(33)34)32-22(7)26-14-18(3)13-25-19(4)20(5)28(35-29(25)26)24-10-8-9-23(15-24)16-31/h8-15,22,32H,1,4H2,2-3,5-7H3,(H,33,34)/b12-11-,27-21-. The third-order valence-electron chi connectivity index (χ3n) is 5.94. The molecule has 1 unspecified atom stereocenters. The van der Waals surface area contributed by atoms with Gasteiger partial charge in [0.05, 0.1) is 23.2 Å². The van der Waals surface area contributed by atoms with E-state index in [1.807, 2.05) is 52.0 Å². The molecule has 0 amide bonds. The molecule has 0 spiro atoms. The summed E-state index contributed by atoms with van der Waals surface area (Å²) in [6.07, 6.45) is 3.51. The molecule has 0 saturated carbocycles. The van der Waals surface area contributed by atoms with Gasteiger partial charge in [0.15, 0.2) is 0 Å². The van der Waals surface area contributed by atoms with Gasteiger partial charge in [0.1, 0.15) is 11.5 Å². The highest BCUT2D eigenvalue weighted by atomic mass is 16.5. The third-order valence-corrected chi connectivity index (χ3v) is 5.94. The molecule has 178 valence electrons. The molecule has 0 bridgehead atoms. The minimum Gasteiger partial charge on any atom is -0.478 e. The smallest absolute Gasteiger partial charge is 0.333 e. The molecule has 1 atom stereocenters. The van der Waals surface area contributed by atoms with Crippen molar-refractivity contribution < 1.29 is 14.6 Å². The van der Waals surface area contributed by atoms with Gasteiger partial charge in [-0.3, -0.25) is 0 Å².